The summed E-state index contributed by atoms with van der Waals surface area (Å²) in [5.41, 5.74) is -1.60. The molecule has 0 aromatic carbocycles. The summed E-state index contributed by atoms with van der Waals surface area (Å²) in [6.07, 6.45) is -17.0. The van der Waals surface area contributed by atoms with Gasteiger partial charge in [0.1, 0.15) is 0 Å². The summed E-state index contributed by atoms with van der Waals surface area (Å²) in [5.74, 6) is 0. The fraction of sp³-hybridized carbons (Fsp3) is 1.00. The SMILES string of the molecule is CCC(C)(CC(C)(C)C)C(O)OC(C(F)(F)F)C(F)(F)F. The van der Waals surface area contributed by atoms with Crippen molar-refractivity contribution in [1.29, 1.82) is 0 Å². The van der Waals surface area contributed by atoms with E-state index in [2.05, 4.69) is 4.74 Å². The summed E-state index contributed by atoms with van der Waals surface area (Å²) < 4.78 is 78.7. The van der Waals surface area contributed by atoms with Crippen LogP contribution in [0.1, 0.15) is 47.5 Å². The number of hydrogen-bond acceptors (Lipinski definition) is 2. The van der Waals surface area contributed by atoms with Crippen molar-refractivity contribution in [2.24, 2.45) is 10.8 Å². The number of hydrogen-bond donors (Lipinski definition) is 1. The molecule has 0 amide bonds. The van der Waals surface area contributed by atoms with Gasteiger partial charge < -0.3 is 9.84 Å². The third-order valence-electron chi connectivity index (χ3n) is 3.20. The Kier molecular flexibility index (Phi) is 6.17. The highest BCUT2D eigenvalue weighted by atomic mass is 19.4. The molecule has 0 bridgehead atoms. The summed E-state index contributed by atoms with van der Waals surface area (Å²) in [6.45, 7) is 8.32. The Morgan fingerprint density at radius 2 is 1.29 bits per heavy atom. The lowest BCUT2D eigenvalue weighted by Gasteiger charge is -2.40. The maximum Gasteiger partial charge on any atom is 0.423 e. The molecule has 0 aliphatic rings. The van der Waals surface area contributed by atoms with Crippen LogP contribution in [0.5, 0.6) is 0 Å². The molecule has 1 N–H and O–H groups in total. The van der Waals surface area contributed by atoms with Gasteiger partial charge in [-0.1, -0.05) is 34.6 Å². The second-order valence-corrected chi connectivity index (χ2v) is 6.70. The number of alkyl halides is 6. The number of aliphatic hydroxyl groups is 1. The molecular weight excluding hydrogens is 302 g/mol. The van der Waals surface area contributed by atoms with E-state index in [1.54, 1.807) is 27.7 Å². The van der Waals surface area contributed by atoms with Crippen molar-refractivity contribution >= 4 is 0 Å². The first-order valence-corrected chi connectivity index (χ1v) is 6.50. The minimum absolute atomic E-state index is 0.174. The van der Waals surface area contributed by atoms with E-state index in [9.17, 15) is 31.4 Å². The van der Waals surface area contributed by atoms with Gasteiger partial charge in [0.2, 0.25) is 0 Å². The zero-order valence-electron chi connectivity index (χ0n) is 12.7. The number of rotatable bonds is 5. The van der Waals surface area contributed by atoms with E-state index in [0.717, 1.165) is 0 Å². The van der Waals surface area contributed by atoms with E-state index in [1.165, 1.54) is 6.92 Å². The first-order valence-electron chi connectivity index (χ1n) is 6.50. The zero-order chi connectivity index (χ0) is 17.3. The standard InChI is InChI=1S/C13H22F6O2/c1-6-11(5,7-10(2,3)4)9(20)21-8(12(14,15)16)13(17,18)19/h8-9,20H,6-7H2,1-5H3. The molecule has 0 aliphatic heterocycles. The third-order valence-corrected chi connectivity index (χ3v) is 3.20. The van der Waals surface area contributed by atoms with E-state index >= 15 is 0 Å². The minimum Gasteiger partial charge on any atom is -0.367 e. The van der Waals surface area contributed by atoms with Gasteiger partial charge in [0, 0.05) is 5.41 Å². The van der Waals surface area contributed by atoms with Gasteiger partial charge in [0.05, 0.1) is 0 Å². The Labute approximate surface area is 120 Å². The van der Waals surface area contributed by atoms with E-state index in [0.29, 0.717) is 0 Å². The number of aliphatic hydroxyl groups excluding tert-OH is 1. The van der Waals surface area contributed by atoms with Crippen molar-refractivity contribution in [3.05, 3.63) is 0 Å². The predicted molar refractivity (Wildman–Crippen MR) is 65.5 cm³/mol. The van der Waals surface area contributed by atoms with E-state index in [-0.39, 0.29) is 18.3 Å². The topological polar surface area (TPSA) is 29.5 Å². The summed E-state index contributed by atoms with van der Waals surface area (Å²) in [5, 5.41) is 9.81. The van der Waals surface area contributed by atoms with Crippen molar-refractivity contribution in [2.75, 3.05) is 0 Å². The molecule has 2 unspecified atom stereocenters. The van der Waals surface area contributed by atoms with Crippen molar-refractivity contribution in [3.63, 3.8) is 0 Å². The second-order valence-electron chi connectivity index (χ2n) is 6.70. The lowest BCUT2D eigenvalue weighted by Crippen LogP contribution is -2.50. The molecule has 0 fully saturated rings. The highest BCUT2D eigenvalue weighted by Gasteiger charge is 2.59. The van der Waals surface area contributed by atoms with Gasteiger partial charge in [-0.2, -0.15) is 26.3 Å². The maximum atomic E-state index is 12.5. The second kappa shape index (κ2) is 6.32. The van der Waals surface area contributed by atoms with Crippen LogP contribution in [0, 0.1) is 10.8 Å². The highest BCUT2D eigenvalue weighted by Crippen LogP contribution is 2.43. The average molecular weight is 324 g/mol. The summed E-state index contributed by atoms with van der Waals surface area (Å²) in [6, 6.07) is 0. The Morgan fingerprint density at radius 3 is 1.52 bits per heavy atom. The zero-order valence-corrected chi connectivity index (χ0v) is 12.7. The highest BCUT2D eigenvalue weighted by molar-refractivity contribution is 4.84. The molecule has 8 heteroatoms. The lowest BCUT2D eigenvalue weighted by molar-refractivity contribution is -0.361. The average Bonchev–Trinajstić information content (AvgIpc) is 2.19. The molecule has 21 heavy (non-hydrogen) atoms. The quantitative estimate of drug-likeness (QED) is 0.588. The lowest BCUT2D eigenvalue weighted by atomic mass is 9.73. The molecule has 0 aromatic rings. The third kappa shape index (κ3) is 6.42. The molecule has 0 heterocycles. The molecule has 0 aromatic heterocycles. The van der Waals surface area contributed by atoms with Gasteiger partial charge in [-0.05, 0) is 18.3 Å². The van der Waals surface area contributed by atoms with Crippen molar-refractivity contribution in [2.45, 2.75) is 72.2 Å². The smallest absolute Gasteiger partial charge is 0.367 e. The Morgan fingerprint density at radius 1 is 0.905 bits per heavy atom. The monoisotopic (exact) mass is 324 g/mol. The molecule has 0 rings (SSSR count). The van der Waals surface area contributed by atoms with Gasteiger partial charge in [-0.3, -0.25) is 0 Å². The molecule has 0 spiro atoms. The van der Waals surface area contributed by atoms with Gasteiger partial charge in [-0.25, -0.2) is 0 Å². The van der Waals surface area contributed by atoms with Crippen LogP contribution in [0.4, 0.5) is 26.3 Å². The van der Waals surface area contributed by atoms with Crippen LogP contribution in [-0.2, 0) is 4.74 Å². The Balaban J connectivity index is 5.25. The van der Waals surface area contributed by atoms with Crippen LogP contribution < -0.4 is 0 Å². The molecule has 0 saturated heterocycles. The molecular formula is C13H22F6O2. The maximum absolute atomic E-state index is 12.5. The van der Waals surface area contributed by atoms with Crippen molar-refractivity contribution < 1.29 is 36.2 Å². The van der Waals surface area contributed by atoms with E-state index < -0.39 is 30.2 Å². The van der Waals surface area contributed by atoms with E-state index in [1.807, 2.05) is 0 Å². The van der Waals surface area contributed by atoms with Crippen molar-refractivity contribution in [3.8, 4) is 0 Å². The summed E-state index contributed by atoms with van der Waals surface area (Å²) >= 11 is 0. The minimum atomic E-state index is -5.63. The summed E-state index contributed by atoms with van der Waals surface area (Å²) in [7, 11) is 0. The first-order chi connectivity index (χ1) is 9.03. The normalized spacial score (nSPS) is 18.7. The van der Waals surface area contributed by atoms with Crippen LogP contribution in [-0.4, -0.2) is 29.9 Å². The van der Waals surface area contributed by atoms with Gasteiger partial charge >= 0.3 is 12.4 Å². The summed E-state index contributed by atoms with van der Waals surface area (Å²) in [4.78, 5) is 0. The molecule has 2 nitrogen and oxygen atoms in total. The van der Waals surface area contributed by atoms with Crippen LogP contribution in [0.3, 0.4) is 0 Å². The van der Waals surface area contributed by atoms with Gasteiger partial charge in [0.25, 0.3) is 6.10 Å². The van der Waals surface area contributed by atoms with Gasteiger partial charge in [-0.15, -0.1) is 0 Å². The Bertz CT molecular complexity index is 317. The molecule has 128 valence electrons. The predicted octanol–water partition coefficient (Wildman–Crippen LogP) is 4.67. The van der Waals surface area contributed by atoms with Gasteiger partial charge in [0.15, 0.2) is 6.29 Å². The van der Waals surface area contributed by atoms with Crippen molar-refractivity contribution in [1.82, 2.24) is 0 Å². The molecule has 2 atom stereocenters. The molecule has 0 aliphatic carbocycles. The fourth-order valence-corrected chi connectivity index (χ4v) is 2.23. The van der Waals surface area contributed by atoms with E-state index in [4.69, 9.17) is 0 Å². The largest absolute Gasteiger partial charge is 0.423 e. The molecule has 0 saturated carbocycles. The fourth-order valence-electron chi connectivity index (χ4n) is 2.23. The van der Waals surface area contributed by atoms with Crippen LogP contribution >= 0.6 is 0 Å². The van der Waals surface area contributed by atoms with Crippen LogP contribution in [0.15, 0.2) is 0 Å². The number of ether oxygens (including phenoxy) is 1. The number of halogens is 6. The Hall–Kier alpha value is -0.500. The van der Waals surface area contributed by atoms with Crippen LogP contribution in [0.25, 0.3) is 0 Å². The molecule has 0 radical (unpaired) electrons. The van der Waals surface area contributed by atoms with Crippen LogP contribution in [0.2, 0.25) is 0 Å². The first kappa shape index (κ1) is 20.5.